The number of hydrogen-bond donors (Lipinski definition) is 2. The van der Waals surface area contributed by atoms with Crippen molar-refractivity contribution in [3.8, 4) is 0 Å². The van der Waals surface area contributed by atoms with E-state index in [2.05, 4.69) is 17.3 Å². The molecule has 5 heteroatoms. The molecule has 1 aromatic rings. The van der Waals surface area contributed by atoms with Crippen molar-refractivity contribution < 1.29 is 4.79 Å². The molecule has 0 saturated heterocycles. The summed E-state index contributed by atoms with van der Waals surface area (Å²) in [6, 6.07) is -0.310. The molecule has 15 heavy (non-hydrogen) atoms. The Labute approximate surface area is 89.6 Å². The van der Waals surface area contributed by atoms with Crippen LogP contribution in [-0.2, 0) is 24.8 Å². The summed E-state index contributed by atoms with van der Waals surface area (Å²) in [5, 5.41) is 7.37. The lowest BCUT2D eigenvalue weighted by atomic mass is 10.2. The van der Waals surface area contributed by atoms with Crippen molar-refractivity contribution in [2.75, 3.05) is 0 Å². The van der Waals surface area contributed by atoms with Crippen LogP contribution in [-0.4, -0.2) is 21.7 Å². The molecule has 0 aliphatic carbocycles. The quantitative estimate of drug-likeness (QED) is 0.715. The van der Waals surface area contributed by atoms with Crippen LogP contribution in [0.4, 0.5) is 0 Å². The standard InChI is InChI=1S/C10H18N4O/c1-4-9-8(6-14(3)13-9)5-12-7(2)10(11)15/h6-7,12H,4-5H2,1-3H3,(H2,11,15). The number of nitrogens with one attached hydrogen (secondary N) is 1. The van der Waals surface area contributed by atoms with E-state index in [9.17, 15) is 4.79 Å². The Balaban J connectivity index is 2.60. The number of nitrogens with zero attached hydrogens (tertiary/aromatic N) is 2. The predicted octanol–water partition coefficient (Wildman–Crippen LogP) is -0.0541. The molecule has 1 amide bonds. The third-order valence-electron chi connectivity index (χ3n) is 2.35. The second kappa shape index (κ2) is 4.93. The fraction of sp³-hybridized carbons (Fsp3) is 0.600. The van der Waals surface area contributed by atoms with Crippen molar-refractivity contribution in [3.05, 3.63) is 17.5 Å². The zero-order valence-electron chi connectivity index (χ0n) is 9.45. The van der Waals surface area contributed by atoms with Crippen LogP contribution >= 0.6 is 0 Å². The number of primary amides is 1. The van der Waals surface area contributed by atoms with Crippen LogP contribution in [0.25, 0.3) is 0 Å². The summed E-state index contributed by atoms with van der Waals surface area (Å²) in [6.07, 6.45) is 2.85. The van der Waals surface area contributed by atoms with Crippen LogP contribution in [0.5, 0.6) is 0 Å². The minimum Gasteiger partial charge on any atom is -0.368 e. The molecular formula is C10H18N4O. The van der Waals surface area contributed by atoms with E-state index in [1.54, 1.807) is 11.6 Å². The number of nitrogens with two attached hydrogens (primary N) is 1. The second-order valence-corrected chi connectivity index (χ2v) is 3.63. The Hall–Kier alpha value is -1.36. The molecule has 0 radical (unpaired) electrons. The molecule has 0 bridgehead atoms. The Morgan fingerprint density at radius 1 is 1.73 bits per heavy atom. The molecule has 0 aliphatic heterocycles. The molecule has 0 aromatic carbocycles. The van der Waals surface area contributed by atoms with Gasteiger partial charge in [0.1, 0.15) is 0 Å². The summed E-state index contributed by atoms with van der Waals surface area (Å²) in [7, 11) is 1.89. The fourth-order valence-corrected chi connectivity index (χ4v) is 1.39. The van der Waals surface area contributed by atoms with E-state index in [1.165, 1.54) is 0 Å². The molecule has 0 fully saturated rings. The van der Waals surface area contributed by atoms with E-state index >= 15 is 0 Å². The lowest BCUT2D eigenvalue weighted by Gasteiger charge is -2.09. The van der Waals surface area contributed by atoms with Crippen molar-refractivity contribution in [1.82, 2.24) is 15.1 Å². The largest absolute Gasteiger partial charge is 0.368 e. The number of hydrogen-bond acceptors (Lipinski definition) is 3. The number of amides is 1. The number of rotatable bonds is 5. The maximum atomic E-state index is 10.8. The zero-order valence-corrected chi connectivity index (χ0v) is 9.45. The predicted molar refractivity (Wildman–Crippen MR) is 58.1 cm³/mol. The summed E-state index contributed by atoms with van der Waals surface area (Å²) in [5.41, 5.74) is 7.33. The van der Waals surface area contributed by atoms with Crippen molar-refractivity contribution in [1.29, 1.82) is 0 Å². The number of aromatic nitrogens is 2. The number of carbonyl (C=O) groups is 1. The second-order valence-electron chi connectivity index (χ2n) is 3.63. The van der Waals surface area contributed by atoms with Crippen LogP contribution in [0.15, 0.2) is 6.20 Å². The van der Waals surface area contributed by atoms with E-state index in [1.807, 2.05) is 13.2 Å². The van der Waals surface area contributed by atoms with Crippen molar-refractivity contribution in [2.45, 2.75) is 32.9 Å². The van der Waals surface area contributed by atoms with E-state index in [-0.39, 0.29) is 11.9 Å². The molecule has 5 nitrogen and oxygen atoms in total. The Kier molecular flexibility index (Phi) is 3.85. The molecule has 1 heterocycles. The Bertz CT molecular complexity index is 345. The van der Waals surface area contributed by atoms with Gasteiger partial charge in [-0.2, -0.15) is 5.10 Å². The fourth-order valence-electron chi connectivity index (χ4n) is 1.39. The topological polar surface area (TPSA) is 72.9 Å². The highest BCUT2D eigenvalue weighted by molar-refractivity contribution is 5.79. The minimum atomic E-state index is -0.336. The van der Waals surface area contributed by atoms with Gasteiger partial charge in [0, 0.05) is 25.4 Å². The van der Waals surface area contributed by atoms with Crippen LogP contribution in [0.2, 0.25) is 0 Å². The van der Waals surface area contributed by atoms with Crippen molar-refractivity contribution in [2.24, 2.45) is 12.8 Å². The molecular weight excluding hydrogens is 192 g/mol. The van der Waals surface area contributed by atoms with Crippen LogP contribution in [0.3, 0.4) is 0 Å². The number of carbonyl (C=O) groups excluding carboxylic acids is 1. The van der Waals surface area contributed by atoms with Gasteiger partial charge in [-0.1, -0.05) is 6.92 Å². The molecule has 1 aromatic heterocycles. The molecule has 0 aliphatic rings. The van der Waals surface area contributed by atoms with Gasteiger partial charge in [-0.25, -0.2) is 0 Å². The van der Waals surface area contributed by atoms with Crippen molar-refractivity contribution in [3.63, 3.8) is 0 Å². The first-order valence-electron chi connectivity index (χ1n) is 5.08. The third-order valence-corrected chi connectivity index (χ3v) is 2.35. The zero-order chi connectivity index (χ0) is 11.4. The molecule has 1 unspecified atom stereocenters. The maximum absolute atomic E-state index is 10.8. The molecule has 0 saturated carbocycles. The lowest BCUT2D eigenvalue weighted by Crippen LogP contribution is -2.38. The Morgan fingerprint density at radius 3 is 2.93 bits per heavy atom. The summed E-state index contributed by atoms with van der Waals surface area (Å²) in [5.74, 6) is -0.336. The molecule has 84 valence electrons. The van der Waals surface area contributed by atoms with Gasteiger partial charge >= 0.3 is 0 Å². The number of aryl methyl sites for hydroxylation is 2. The minimum absolute atomic E-state index is 0.310. The normalized spacial score (nSPS) is 12.7. The van der Waals surface area contributed by atoms with Crippen LogP contribution in [0, 0.1) is 0 Å². The van der Waals surface area contributed by atoms with E-state index in [4.69, 9.17) is 5.73 Å². The van der Waals surface area contributed by atoms with Gasteiger partial charge in [0.25, 0.3) is 0 Å². The van der Waals surface area contributed by atoms with Gasteiger partial charge < -0.3 is 11.1 Å². The Morgan fingerprint density at radius 2 is 2.40 bits per heavy atom. The monoisotopic (exact) mass is 210 g/mol. The smallest absolute Gasteiger partial charge is 0.234 e. The summed E-state index contributed by atoms with van der Waals surface area (Å²) >= 11 is 0. The van der Waals surface area contributed by atoms with E-state index in [0.717, 1.165) is 17.7 Å². The molecule has 1 rings (SSSR count). The first-order chi connectivity index (χ1) is 7.04. The molecule has 0 spiro atoms. The average molecular weight is 210 g/mol. The van der Waals surface area contributed by atoms with Gasteiger partial charge in [-0.05, 0) is 13.3 Å². The van der Waals surface area contributed by atoms with E-state index < -0.39 is 0 Å². The van der Waals surface area contributed by atoms with Crippen LogP contribution < -0.4 is 11.1 Å². The van der Waals surface area contributed by atoms with Gasteiger partial charge in [0.15, 0.2) is 0 Å². The van der Waals surface area contributed by atoms with Gasteiger partial charge in [0.2, 0.25) is 5.91 Å². The highest BCUT2D eigenvalue weighted by Crippen LogP contribution is 2.06. The first kappa shape index (κ1) is 11.7. The van der Waals surface area contributed by atoms with Crippen molar-refractivity contribution >= 4 is 5.91 Å². The molecule has 1 atom stereocenters. The van der Waals surface area contributed by atoms with Gasteiger partial charge in [-0.15, -0.1) is 0 Å². The average Bonchev–Trinajstić information content (AvgIpc) is 2.55. The lowest BCUT2D eigenvalue weighted by molar-refractivity contribution is -0.119. The van der Waals surface area contributed by atoms with Crippen LogP contribution in [0.1, 0.15) is 25.1 Å². The first-order valence-corrected chi connectivity index (χ1v) is 5.08. The summed E-state index contributed by atoms with van der Waals surface area (Å²) < 4.78 is 1.78. The summed E-state index contributed by atoms with van der Waals surface area (Å²) in [4.78, 5) is 10.8. The van der Waals surface area contributed by atoms with Gasteiger partial charge in [0.05, 0.1) is 11.7 Å². The highest BCUT2D eigenvalue weighted by atomic mass is 16.1. The summed E-state index contributed by atoms with van der Waals surface area (Å²) in [6.45, 7) is 4.44. The van der Waals surface area contributed by atoms with Gasteiger partial charge in [-0.3, -0.25) is 9.48 Å². The molecule has 3 N–H and O–H groups in total. The third kappa shape index (κ3) is 3.06. The maximum Gasteiger partial charge on any atom is 0.234 e. The highest BCUT2D eigenvalue weighted by Gasteiger charge is 2.10. The van der Waals surface area contributed by atoms with E-state index in [0.29, 0.717) is 6.54 Å². The SMILES string of the molecule is CCc1nn(C)cc1CNC(C)C(N)=O.